The highest BCUT2D eigenvalue weighted by molar-refractivity contribution is 7.85. The normalized spacial score (nSPS) is 14.4. The molecule has 0 saturated carbocycles. The largest absolute Gasteiger partial charge is 0.480 e. The average molecular weight is 240 g/mol. The molecule has 0 fully saturated rings. The van der Waals surface area contributed by atoms with E-state index in [-0.39, 0.29) is 0 Å². The second kappa shape index (κ2) is 5.25. The summed E-state index contributed by atoms with van der Waals surface area (Å²) in [4.78, 5) is 10.7. The highest BCUT2D eigenvalue weighted by Crippen LogP contribution is 2.14. The van der Waals surface area contributed by atoms with Crippen LogP contribution in [0.4, 0.5) is 0 Å². The van der Waals surface area contributed by atoms with E-state index < -0.39 is 22.0 Å². The van der Waals surface area contributed by atoms with E-state index in [1.807, 2.05) is 32.0 Å². The molecule has 16 heavy (non-hydrogen) atoms. The number of aliphatic carboxylic acids is 1. The van der Waals surface area contributed by atoms with E-state index in [1.165, 1.54) is 6.92 Å². The summed E-state index contributed by atoms with van der Waals surface area (Å²) in [6.07, 6.45) is 0. The molecule has 0 amide bonds. The summed E-state index contributed by atoms with van der Waals surface area (Å²) in [6.45, 7) is 5.38. The molecule has 0 radical (unpaired) electrons. The first kappa shape index (κ1) is 12.9. The second-order valence-electron chi connectivity index (χ2n) is 3.94. The Morgan fingerprint density at radius 2 is 2.06 bits per heavy atom. The molecule has 0 aromatic heterocycles. The van der Waals surface area contributed by atoms with E-state index in [0.717, 1.165) is 16.7 Å². The molecule has 3 nitrogen and oxygen atoms in total. The predicted octanol–water partition coefficient (Wildman–Crippen LogP) is 2.03. The maximum Gasteiger partial charge on any atom is 0.318 e. The maximum absolute atomic E-state index is 11.7. The summed E-state index contributed by atoms with van der Waals surface area (Å²) in [7, 11) is -1.36. The molecule has 88 valence electrons. The smallest absolute Gasteiger partial charge is 0.318 e. The van der Waals surface area contributed by atoms with Crippen LogP contribution in [0.5, 0.6) is 0 Å². The Bertz CT molecular complexity index is 426. The third-order valence-electron chi connectivity index (χ3n) is 2.54. The number of carbonyl (C=O) groups is 1. The fourth-order valence-electron chi connectivity index (χ4n) is 1.35. The van der Waals surface area contributed by atoms with Gasteiger partial charge in [0.1, 0.15) is 5.25 Å². The second-order valence-corrected chi connectivity index (χ2v) is 5.69. The van der Waals surface area contributed by atoms with Gasteiger partial charge in [0.05, 0.1) is 0 Å². The standard InChI is InChI=1S/C12H16O3S/c1-8-4-5-9(2)11(6-8)7-16(15)10(3)12(13)14/h4-6,10H,7H2,1-3H3,(H,13,14)/t10-,16+/m1/s1. The van der Waals surface area contributed by atoms with Crippen LogP contribution in [-0.4, -0.2) is 20.5 Å². The molecule has 4 heteroatoms. The fraction of sp³-hybridized carbons (Fsp3) is 0.417. The minimum Gasteiger partial charge on any atom is -0.480 e. The molecule has 0 aliphatic carbocycles. The minimum absolute atomic E-state index is 0.307. The van der Waals surface area contributed by atoms with Gasteiger partial charge in [0.2, 0.25) is 0 Å². The summed E-state index contributed by atoms with van der Waals surface area (Å²) in [5.74, 6) is -0.704. The van der Waals surface area contributed by atoms with E-state index in [2.05, 4.69) is 0 Å². The fourth-order valence-corrected chi connectivity index (χ4v) is 2.44. The van der Waals surface area contributed by atoms with Gasteiger partial charge in [0.25, 0.3) is 0 Å². The molecule has 1 rings (SSSR count). The summed E-state index contributed by atoms with van der Waals surface area (Å²) in [6, 6.07) is 5.91. The molecule has 2 atom stereocenters. The van der Waals surface area contributed by atoms with Gasteiger partial charge >= 0.3 is 5.97 Å². The van der Waals surface area contributed by atoms with Gasteiger partial charge in [-0.2, -0.15) is 0 Å². The van der Waals surface area contributed by atoms with Crippen molar-refractivity contribution in [2.45, 2.75) is 31.8 Å². The zero-order chi connectivity index (χ0) is 12.3. The van der Waals surface area contributed by atoms with Crippen molar-refractivity contribution in [2.24, 2.45) is 0 Å². The van der Waals surface area contributed by atoms with Crippen LogP contribution < -0.4 is 0 Å². The van der Waals surface area contributed by atoms with Gasteiger partial charge < -0.3 is 5.11 Å². The SMILES string of the molecule is Cc1ccc(C)c(C[S@](=O)[C@H](C)C(=O)O)c1. The van der Waals surface area contributed by atoms with Gasteiger partial charge in [0, 0.05) is 16.6 Å². The van der Waals surface area contributed by atoms with Crippen LogP contribution in [0.1, 0.15) is 23.6 Å². The number of benzene rings is 1. The topological polar surface area (TPSA) is 54.4 Å². The van der Waals surface area contributed by atoms with Gasteiger partial charge in [0.15, 0.2) is 0 Å². The van der Waals surface area contributed by atoms with Gasteiger partial charge in [-0.1, -0.05) is 23.8 Å². The molecule has 0 aliphatic heterocycles. The number of hydrogen-bond acceptors (Lipinski definition) is 2. The van der Waals surface area contributed by atoms with Crippen molar-refractivity contribution >= 4 is 16.8 Å². The molecule has 0 heterocycles. The lowest BCUT2D eigenvalue weighted by Gasteiger charge is -2.09. The highest BCUT2D eigenvalue weighted by atomic mass is 32.2. The Labute approximate surface area is 98.0 Å². The van der Waals surface area contributed by atoms with Gasteiger partial charge in [-0.3, -0.25) is 9.00 Å². The van der Waals surface area contributed by atoms with Crippen LogP contribution in [-0.2, 0) is 21.3 Å². The molecule has 0 spiro atoms. The van der Waals surface area contributed by atoms with Crippen molar-refractivity contribution in [3.05, 3.63) is 34.9 Å². The van der Waals surface area contributed by atoms with E-state index in [4.69, 9.17) is 5.11 Å². The van der Waals surface area contributed by atoms with E-state index in [0.29, 0.717) is 5.75 Å². The van der Waals surface area contributed by atoms with Crippen molar-refractivity contribution in [1.82, 2.24) is 0 Å². The summed E-state index contributed by atoms with van der Waals surface area (Å²) in [5, 5.41) is 7.94. The van der Waals surface area contributed by atoms with Crippen LogP contribution in [0.15, 0.2) is 18.2 Å². The van der Waals surface area contributed by atoms with E-state index >= 15 is 0 Å². The van der Waals surface area contributed by atoms with Crippen LogP contribution in [0.2, 0.25) is 0 Å². The quantitative estimate of drug-likeness (QED) is 0.876. The first-order chi connectivity index (χ1) is 7.41. The molecule has 0 bridgehead atoms. The lowest BCUT2D eigenvalue weighted by atomic mass is 10.1. The lowest BCUT2D eigenvalue weighted by molar-refractivity contribution is -0.136. The molecule has 0 saturated heterocycles. The molecular weight excluding hydrogens is 224 g/mol. The van der Waals surface area contributed by atoms with Crippen molar-refractivity contribution in [3.8, 4) is 0 Å². The zero-order valence-corrected chi connectivity index (χ0v) is 10.5. The number of carboxylic acid groups (broad SMARTS) is 1. The molecule has 1 N–H and O–H groups in total. The Morgan fingerprint density at radius 1 is 1.44 bits per heavy atom. The monoisotopic (exact) mass is 240 g/mol. The third kappa shape index (κ3) is 3.17. The van der Waals surface area contributed by atoms with Crippen LogP contribution >= 0.6 is 0 Å². The van der Waals surface area contributed by atoms with E-state index in [9.17, 15) is 9.00 Å². The van der Waals surface area contributed by atoms with Crippen molar-refractivity contribution < 1.29 is 14.1 Å². The molecule has 0 aliphatic rings. The van der Waals surface area contributed by atoms with E-state index in [1.54, 1.807) is 0 Å². The van der Waals surface area contributed by atoms with Crippen LogP contribution in [0.25, 0.3) is 0 Å². The molecule has 0 unspecified atom stereocenters. The molecule has 1 aromatic rings. The number of aryl methyl sites for hydroxylation is 2. The van der Waals surface area contributed by atoms with Gasteiger partial charge in [-0.15, -0.1) is 0 Å². The third-order valence-corrected chi connectivity index (χ3v) is 4.13. The number of carboxylic acids is 1. The van der Waals surface area contributed by atoms with Crippen LogP contribution in [0.3, 0.4) is 0 Å². The molecule has 1 aromatic carbocycles. The summed E-state index contributed by atoms with van der Waals surface area (Å²) >= 11 is 0. The average Bonchev–Trinajstić information content (AvgIpc) is 2.22. The zero-order valence-electron chi connectivity index (χ0n) is 9.69. The maximum atomic E-state index is 11.7. The highest BCUT2D eigenvalue weighted by Gasteiger charge is 2.19. The first-order valence-electron chi connectivity index (χ1n) is 5.08. The predicted molar refractivity (Wildman–Crippen MR) is 64.9 cm³/mol. The Balaban J connectivity index is 2.84. The number of hydrogen-bond donors (Lipinski definition) is 1. The van der Waals surface area contributed by atoms with Crippen molar-refractivity contribution in [1.29, 1.82) is 0 Å². The minimum atomic E-state index is -1.36. The first-order valence-corrected chi connectivity index (χ1v) is 6.46. The molecular formula is C12H16O3S. The summed E-state index contributed by atoms with van der Waals surface area (Å²) in [5.41, 5.74) is 3.11. The van der Waals surface area contributed by atoms with Crippen molar-refractivity contribution in [2.75, 3.05) is 0 Å². The van der Waals surface area contributed by atoms with Crippen molar-refractivity contribution in [3.63, 3.8) is 0 Å². The Kier molecular flexibility index (Phi) is 4.24. The summed E-state index contributed by atoms with van der Waals surface area (Å²) < 4.78 is 11.7. The van der Waals surface area contributed by atoms with Crippen LogP contribution in [0, 0.1) is 13.8 Å². The Hall–Kier alpha value is -1.16. The Morgan fingerprint density at radius 3 is 2.62 bits per heavy atom. The lowest BCUT2D eigenvalue weighted by Crippen LogP contribution is -2.23. The number of rotatable bonds is 4. The van der Waals surface area contributed by atoms with Gasteiger partial charge in [-0.25, -0.2) is 0 Å². The van der Waals surface area contributed by atoms with Gasteiger partial charge in [-0.05, 0) is 31.9 Å².